The van der Waals surface area contributed by atoms with Crippen molar-refractivity contribution in [3.63, 3.8) is 0 Å². The molecule has 2 rings (SSSR count). The normalized spacial score (nSPS) is 11.5. The van der Waals surface area contributed by atoms with Crippen LogP contribution in [0.15, 0.2) is 46.2 Å². The van der Waals surface area contributed by atoms with Crippen LogP contribution < -0.4 is 0 Å². The molecule has 33 heavy (non-hydrogen) atoms. The van der Waals surface area contributed by atoms with Gasteiger partial charge < -0.3 is 0 Å². The third kappa shape index (κ3) is 6.13. The first-order valence-electron chi connectivity index (χ1n) is 7.60. The van der Waals surface area contributed by atoms with Gasteiger partial charge in [-0.3, -0.25) is 29.3 Å². The Hall–Kier alpha value is -3.79. The maximum atomic E-state index is 12.0. The Morgan fingerprint density at radius 1 is 0.697 bits per heavy atom. The zero-order chi connectivity index (χ0) is 25.1. The van der Waals surface area contributed by atoms with E-state index in [9.17, 15) is 46.9 Å². The molecular formula is C12H8N4O14S3+2. The van der Waals surface area contributed by atoms with E-state index in [1.807, 2.05) is 0 Å². The number of nitrogens with zero attached hydrogens (tertiary/aromatic N) is 4. The van der Waals surface area contributed by atoms with E-state index in [1.54, 1.807) is 0 Å². The van der Waals surface area contributed by atoms with Crippen LogP contribution in [0, 0.1) is 30.0 Å². The van der Waals surface area contributed by atoms with Crippen molar-refractivity contribution in [1.29, 1.82) is 0 Å². The lowest BCUT2D eigenvalue weighted by Crippen LogP contribution is -2.08. The summed E-state index contributed by atoms with van der Waals surface area (Å²) in [4.78, 5) is 40.1. The first-order chi connectivity index (χ1) is 15.1. The molecule has 0 unspecified atom stereocenters. The minimum Gasteiger partial charge on any atom is -0.282 e. The molecule has 0 radical (unpaired) electrons. The van der Waals surface area contributed by atoms with E-state index in [0.717, 1.165) is 0 Å². The largest absolute Gasteiger partial charge is 0.451 e. The van der Waals surface area contributed by atoms with Gasteiger partial charge in [-0.1, -0.05) is 8.57 Å². The topological polar surface area (TPSA) is 254 Å². The summed E-state index contributed by atoms with van der Waals surface area (Å²) < 4.78 is 71.7. The van der Waals surface area contributed by atoms with Crippen molar-refractivity contribution >= 4 is 55.3 Å². The number of nitro benzene ring substituents is 2. The quantitative estimate of drug-likeness (QED) is 0.193. The van der Waals surface area contributed by atoms with Crippen molar-refractivity contribution in [2.75, 3.05) is 0 Å². The van der Waals surface area contributed by atoms with E-state index in [4.69, 9.17) is 9.11 Å². The van der Waals surface area contributed by atoms with Gasteiger partial charge >= 0.3 is 43.9 Å². The van der Waals surface area contributed by atoms with Gasteiger partial charge in [0.2, 0.25) is 0 Å². The Labute approximate surface area is 186 Å². The molecule has 176 valence electrons. The van der Waals surface area contributed by atoms with Crippen LogP contribution in [0.2, 0.25) is 0 Å². The molecule has 0 amide bonds. The van der Waals surface area contributed by atoms with Crippen molar-refractivity contribution in [1.82, 2.24) is 0 Å². The maximum absolute atomic E-state index is 12.0. The van der Waals surface area contributed by atoms with Crippen LogP contribution in [0.1, 0.15) is 0 Å². The number of non-ortho nitro benzene ring substituents is 1. The molecule has 2 aromatic rings. The molecule has 0 heterocycles. The smallest absolute Gasteiger partial charge is 0.282 e. The minimum absolute atomic E-state index is 0.405. The molecule has 0 aliphatic heterocycles. The van der Waals surface area contributed by atoms with Gasteiger partial charge in [0.1, 0.15) is 0 Å². The van der Waals surface area contributed by atoms with Crippen molar-refractivity contribution in [3.05, 3.63) is 66.4 Å². The number of hydrogen-bond donors (Lipinski definition) is 2. The van der Waals surface area contributed by atoms with E-state index in [0.29, 0.717) is 36.4 Å². The molecule has 0 atom stereocenters. The first kappa shape index (κ1) is 25.5. The molecule has 0 bridgehead atoms. The SMILES string of the molecule is O=[N+]([O-])c1ccc(S(=O)(=O)O)c([N+](=O)OSO[N+](=O)c2ccc(S(=O)(=O)O)c([N+](=O)[O-])c2)c1. The molecule has 0 fully saturated rings. The van der Waals surface area contributed by atoms with Crippen LogP contribution in [-0.4, -0.2) is 45.6 Å². The molecule has 0 aliphatic rings. The monoisotopic (exact) mass is 528 g/mol. The molecule has 0 spiro atoms. The highest BCUT2D eigenvalue weighted by atomic mass is 32.2. The number of rotatable bonds is 10. The fourth-order valence-corrected chi connectivity index (χ4v) is 3.69. The van der Waals surface area contributed by atoms with Crippen molar-refractivity contribution < 1.29 is 54.2 Å². The second-order valence-electron chi connectivity index (χ2n) is 5.50. The predicted octanol–water partition coefficient (Wildman–Crippen LogP) is 1.94. The van der Waals surface area contributed by atoms with E-state index in [-0.39, 0.29) is 0 Å². The minimum atomic E-state index is -5.03. The van der Waals surface area contributed by atoms with Crippen LogP contribution in [0.5, 0.6) is 0 Å². The Balaban J connectivity index is 2.21. The van der Waals surface area contributed by atoms with Gasteiger partial charge in [0.25, 0.3) is 21.2 Å². The van der Waals surface area contributed by atoms with Gasteiger partial charge in [0.15, 0.2) is 9.79 Å². The predicted molar refractivity (Wildman–Crippen MR) is 102 cm³/mol. The summed E-state index contributed by atoms with van der Waals surface area (Å²) >= 11 is -0.440. The summed E-state index contributed by atoms with van der Waals surface area (Å²) in [5.41, 5.74) is -3.71. The number of hydrogen-bond acceptors (Lipinski definition) is 13. The molecule has 0 aromatic heterocycles. The van der Waals surface area contributed by atoms with E-state index < -0.39 is 84.8 Å². The molecule has 21 heteroatoms. The highest BCUT2D eigenvalue weighted by molar-refractivity contribution is 7.89. The van der Waals surface area contributed by atoms with Crippen LogP contribution in [0.3, 0.4) is 0 Å². The molecule has 18 nitrogen and oxygen atoms in total. The maximum Gasteiger partial charge on any atom is 0.451 e. The molecule has 0 aliphatic carbocycles. The van der Waals surface area contributed by atoms with Crippen molar-refractivity contribution in [2.24, 2.45) is 0 Å². The number of nitro groups is 2. The van der Waals surface area contributed by atoms with Gasteiger partial charge in [0.05, 0.1) is 31.8 Å². The van der Waals surface area contributed by atoms with Crippen LogP contribution in [0.25, 0.3) is 0 Å². The van der Waals surface area contributed by atoms with E-state index >= 15 is 0 Å². The Morgan fingerprint density at radius 2 is 1.15 bits per heavy atom. The Kier molecular flexibility index (Phi) is 7.23. The van der Waals surface area contributed by atoms with Crippen molar-refractivity contribution in [3.8, 4) is 0 Å². The first-order valence-corrected chi connectivity index (χ1v) is 11.2. The van der Waals surface area contributed by atoms with Crippen LogP contribution >= 0.6 is 12.3 Å². The fourth-order valence-electron chi connectivity index (χ4n) is 2.11. The molecular weight excluding hydrogens is 520 g/mol. The lowest BCUT2D eigenvalue weighted by atomic mass is 10.3. The second-order valence-corrected chi connectivity index (χ2v) is 8.71. The highest BCUT2D eigenvalue weighted by Crippen LogP contribution is 2.31. The van der Waals surface area contributed by atoms with E-state index in [1.165, 1.54) is 0 Å². The van der Waals surface area contributed by atoms with Gasteiger partial charge in [-0.05, 0) is 12.1 Å². The molecule has 2 aromatic carbocycles. The van der Waals surface area contributed by atoms with Gasteiger partial charge in [0, 0.05) is 12.1 Å². The fraction of sp³-hybridized carbons (Fsp3) is 0. The van der Waals surface area contributed by atoms with Crippen LogP contribution in [-0.2, 0) is 28.8 Å². The summed E-state index contributed by atoms with van der Waals surface area (Å²) in [6.07, 6.45) is 0. The summed E-state index contributed by atoms with van der Waals surface area (Å²) in [7, 11) is -10.0. The Bertz CT molecular complexity index is 1390. The second kappa shape index (κ2) is 9.37. The number of benzene rings is 2. The van der Waals surface area contributed by atoms with E-state index in [2.05, 4.69) is 8.57 Å². The standard InChI is InChI=1S/C12H6N4O14S3/c17-13(18)7-1-3-12(33(26,27)28)10(5-7)16(22)30-31-29-15(21)8-2-4-11(32(23,24)25)9(6-8)14(19)20/h1-6H/p+2. The van der Waals surface area contributed by atoms with Crippen LogP contribution in [0.4, 0.5) is 22.7 Å². The summed E-state index contributed by atoms with van der Waals surface area (Å²) in [6.45, 7) is 0. The highest BCUT2D eigenvalue weighted by Gasteiger charge is 2.35. The summed E-state index contributed by atoms with van der Waals surface area (Å²) in [5.74, 6) is 0. The zero-order valence-corrected chi connectivity index (χ0v) is 17.7. The lowest BCUT2D eigenvalue weighted by molar-refractivity contribution is -0.724. The molecule has 0 saturated carbocycles. The van der Waals surface area contributed by atoms with Gasteiger partial charge in [-0.2, -0.15) is 16.8 Å². The average Bonchev–Trinajstić information content (AvgIpc) is 2.71. The van der Waals surface area contributed by atoms with Gasteiger partial charge in [-0.15, -0.1) is 0 Å². The van der Waals surface area contributed by atoms with Crippen molar-refractivity contribution in [2.45, 2.75) is 9.79 Å². The molecule has 0 saturated heterocycles. The average molecular weight is 528 g/mol. The van der Waals surface area contributed by atoms with Gasteiger partial charge in [-0.25, -0.2) is 0 Å². The molecule has 2 N–H and O–H groups in total. The third-order valence-corrected chi connectivity index (χ3v) is 5.65. The summed E-state index contributed by atoms with van der Waals surface area (Å²) in [6, 6.07) is 3.26. The zero-order valence-electron chi connectivity index (χ0n) is 15.3. The third-order valence-electron chi connectivity index (χ3n) is 3.45. The Morgan fingerprint density at radius 3 is 1.64 bits per heavy atom. The lowest BCUT2D eigenvalue weighted by Gasteiger charge is -1.99. The summed E-state index contributed by atoms with van der Waals surface area (Å²) in [5, 5.41) is 21.8.